The van der Waals surface area contributed by atoms with E-state index in [2.05, 4.69) is 0 Å². The lowest BCUT2D eigenvalue weighted by molar-refractivity contribution is -0.136. The second kappa shape index (κ2) is 6.19. The number of thiophene rings is 1. The minimum atomic E-state index is -3.34. The van der Waals surface area contributed by atoms with Gasteiger partial charge in [-0.25, -0.2) is 8.42 Å². The van der Waals surface area contributed by atoms with Crippen LogP contribution in [0.4, 0.5) is 0 Å². The summed E-state index contributed by atoms with van der Waals surface area (Å²) < 4.78 is 24.4. The van der Waals surface area contributed by atoms with Crippen molar-refractivity contribution in [3.8, 4) is 0 Å². The van der Waals surface area contributed by atoms with Crippen LogP contribution in [0.3, 0.4) is 0 Å². The third kappa shape index (κ3) is 3.91. The van der Waals surface area contributed by atoms with Crippen LogP contribution in [-0.4, -0.2) is 19.5 Å². The van der Waals surface area contributed by atoms with Gasteiger partial charge in [0, 0.05) is 6.42 Å². The normalized spacial score (nSPS) is 11.4. The average Bonchev–Trinajstić information content (AvgIpc) is 2.89. The zero-order valence-corrected chi connectivity index (χ0v) is 12.3. The average molecular weight is 310 g/mol. The minimum absolute atomic E-state index is 0.00896. The zero-order valence-electron chi connectivity index (χ0n) is 10.7. The molecule has 1 aromatic carbocycles. The summed E-state index contributed by atoms with van der Waals surface area (Å²) in [6, 6.07) is 8.22. The number of carboxylic acid groups (broad SMARTS) is 1. The van der Waals surface area contributed by atoms with Crippen molar-refractivity contribution < 1.29 is 18.3 Å². The summed E-state index contributed by atoms with van der Waals surface area (Å²) in [5.41, 5.74) is 1.60. The molecule has 0 saturated heterocycles. The maximum absolute atomic E-state index is 12.2. The molecule has 6 heteroatoms. The van der Waals surface area contributed by atoms with Gasteiger partial charge in [-0.1, -0.05) is 12.1 Å². The van der Waals surface area contributed by atoms with Gasteiger partial charge in [-0.2, -0.15) is 11.3 Å². The van der Waals surface area contributed by atoms with E-state index < -0.39 is 15.8 Å². The van der Waals surface area contributed by atoms with E-state index in [0.29, 0.717) is 6.42 Å². The fourth-order valence-corrected chi connectivity index (χ4v) is 3.90. The number of aliphatic carboxylic acids is 1. The molecule has 0 aliphatic carbocycles. The van der Waals surface area contributed by atoms with Crippen LogP contribution in [0.1, 0.15) is 17.5 Å². The Morgan fingerprint density at radius 3 is 2.35 bits per heavy atom. The molecule has 0 fully saturated rings. The molecule has 0 radical (unpaired) electrons. The van der Waals surface area contributed by atoms with Crippen molar-refractivity contribution in [3.05, 3.63) is 52.2 Å². The van der Waals surface area contributed by atoms with Crippen LogP contribution in [0.25, 0.3) is 0 Å². The molecule has 2 aromatic rings. The van der Waals surface area contributed by atoms with Crippen LogP contribution in [-0.2, 0) is 26.8 Å². The Hall–Kier alpha value is -1.66. The molecule has 1 aromatic heterocycles. The quantitative estimate of drug-likeness (QED) is 0.890. The first kappa shape index (κ1) is 14.7. The van der Waals surface area contributed by atoms with Crippen LogP contribution in [0, 0.1) is 0 Å². The molecule has 1 heterocycles. The Kier molecular flexibility index (Phi) is 4.57. The van der Waals surface area contributed by atoms with Crippen LogP contribution >= 0.6 is 11.3 Å². The molecule has 4 nitrogen and oxygen atoms in total. The smallest absolute Gasteiger partial charge is 0.303 e. The number of hydrogen-bond donors (Lipinski definition) is 1. The molecule has 0 spiro atoms. The lowest BCUT2D eigenvalue weighted by Gasteiger charge is -2.05. The van der Waals surface area contributed by atoms with E-state index in [1.807, 2.05) is 10.8 Å². The summed E-state index contributed by atoms with van der Waals surface area (Å²) in [5, 5.41) is 12.3. The highest BCUT2D eigenvalue weighted by atomic mass is 32.2. The predicted molar refractivity (Wildman–Crippen MR) is 77.6 cm³/mol. The second-order valence-electron chi connectivity index (χ2n) is 4.43. The largest absolute Gasteiger partial charge is 0.481 e. The van der Waals surface area contributed by atoms with Gasteiger partial charge in [-0.15, -0.1) is 0 Å². The van der Waals surface area contributed by atoms with Crippen LogP contribution in [0.15, 0.2) is 46.0 Å². The summed E-state index contributed by atoms with van der Waals surface area (Å²) in [4.78, 5) is 10.7. The lowest BCUT2D eigenvalue weighted by Crippen LogP contribution is -2.04. The van der Waals surface area contributed by atoms with E-state index >= 15 is 0 Å². The van der Waals surface area contributed by atoms with Crippen LogP contribution in [0.2, 0.25) is 0 Å². The van der Waals surface area contributed by atoms with Crippen LogP contribution in [0.5, 0.6) is 0 Å². The highest BCUT2D eigenvalue weighted by Gasteiger charge is 2.15. The highest BCUT2D eigenvalue weighted by molar-refractivity contribution is 7.90. The molecule has 0 saturated carbocycles. The van der Waals surface area contributed by atoms with Gasteiger partial charge < -0.3 is 5.11 Å². The maximum atomic E-state index is 12.2. The zero-order chi connectivity index (χ0) is 14.6. The molecule has 0 bridgehead atoms. The number of sulfone groups is 1. The Morgan fingerprint density at radius 1 is 1.10 bits per heavy atom. The SMILES string of the molecule is O=C(O)CCc1ccc(S(=O)(=O)Cc2ccsc2)cc1. The lowest BCUT2D eigenvalue weighted by atomic mass is 10.1. The standard InChI is InChI=1S/C14H14O4S2/c15-14(16)6-3-11-1-4-13(5-2-11)20(17,18)10-12-7-8-19-9-12/h1-2,4-5,7-9H,3,6,10H2,(H,15,16). The highest BCUT2D eigenvalue weighted by Crippen LogP contribution is 2.19. The van der Waals surface area contributed by atoms with Gasteiger partial charge in [0.2, 0.25) is 0 Å². The number of hydrogen-bond acceptors (Lipinski definition) is 4. The topological polar surface area (TPSA) is 71.4 Å². The van der Waals surface area contributed by atoms with Gasteiger partial charge in [-0.05, 0) is 46.5 Å². The number of benzene rings is 1. The van der Waals surface area contributed by atoms with Crippen molar-refractivity contribution in [1.29, 1.82) is 0 Å². The van der Waals surface area contributed by atoms with E-state index in [-0.39, 0.29) is 17.1 Å². The fourth-order valence-electron chi connectivity index (χ4n) is 1.79. The number of carbonyl (C=O) groups is 1. The van der Waals surface area contributed by atoms with E-state index in [9.17, 15) is 13.2 Å². The molecule has 0 aliphatic heterocycles. The number of rotatable bonds is 6. The predicted octanol–water partition coefficient (Wildman–Crippen LogP) is 2.74. The van der Waals surface area contributed by atoms with E-state index in [1.54, 1.807) is 30.3 Å². The second-order valence-corrected chi connectivity index (χ2v) is 7.20. The van der Waals surface area contributed by atoms with E-state index in [0.717, 1.165) is 11.1 Å². The molecule has 0 atom stereocenters. The molecule has 106 valence electrons. The molecule has 1 N–H and O–H groups in total. The molecule has 2 rings (SSSR count). The Balaban J connectivity index is 2.10. The summed E-state index contributed by atoms with van der Waals surface area (Å²) in [5.74, 6) is -0.871. The third-order valence-corrected chi connectivity index (χ3v) is 5.28. The van der Waals surface area contributed by atoms with Crippen molar-refractivity contribution in [2.75, 3.05) is 0 Å². The first-order valence-corrected chi connectivity index (χ1v) is 8.61. The summed E-state index contributed by atoms with van der Waals surface area (Å²) in [7, 11) is -3.34. The number of carboxylic acids is 1. The molecule has 20 heavy (non-hydrogen) atoms. The summed E-state index contributed by atoms with van der Waals surface area (Å²) >= 11 is 1.47. The van der Waals surface area contributed by atoms with Gasteiger partial charge in [0.15, 0.2) is 9.84 Å². The summed E-state index contributed by atoms with van der Waals surface area (Å²) in [6.45, 7) is 0. The van der Waals surface area contributed by atoms with Crippen molar-refractivity contribution in [3.63, 3.8) is 0 Å². The van der Waals surface area contributed by atoms with Gasteiger partial charge >= 0.3 is 5.97 Å². The summed E-state index contributed by atoms with van der Waals surface area (Å²) in [6.07, 6.45) is 0.446. The molecule has 0 amide bonds. The monoisotopic (exact) mass is 310 g/mol. The van der Waals surface area contributed by atoms with Crippen molar-refractivity contribution >= 4 is 27.1 Å². The molecular formula is C14H14O4S2. The third-order valence-electron chi connectivity index (χ3n) is 2.85. The minimum Gasteiger partial charge on any atom is -0.481 e. The maximum Gasteiger partial charge on any atom is 0.303 e. The van der Waals surface area contributed by atoms with Gasteiger partial charge in [0.1, 0.15) is 0 Å². The molecule has 0 unspecified atom stereocenters. The van der Waals surface area contributed by atoms with Crippen molar-refractivity contribution in [1.82, 2.24) is 0 Å². The Labute approximate surface area is 121 Å². The van der Waals surface area contributed by atoms with Gasteiger partial charge in [0.05, 0.1) is 10.6 Å². The fraction of sp³-hybridized carbons (Fsp3) is 0.214. The first-order valence-electron chi connectivity index (χ1n) is 6.02. The number of aryl methyl sites for hydroxylation is 1. The van der Waals surface area contributed by atoms with Crippen LogP contribution < -0.4 is 0 Å². The molecule has 0 aliphatic rings. The van der Waals surface area contributed by atoms with Crippen molar-refractivity contribution in [2.45, 2.75) is 23.5 Å². The van der Waals surface area contributed by atoms with Gasteiger partial charge in [-0.3, -0.25) is 4.79 Å². The molecular weight excluding hydrogens is 296 g/mol. The van der Waals surface area contributed by atoms with E-state index in [4.69, 9.17) is 5.11 Å². The Bertz CT molecular complexity index is 670. The van der Waals surface area contributed by atoms with Gasteiger partial charge in [0.25, 0.3) is 0 Å². The van der Waals surface area contributed by atoms with Crippen molar-refractivity contribution in [2.24, 2.45) is 0 Å². The van der Waals surface area contributed by atoms with E-state index in [1.165, 1.54) is 11.3 Å². The first-order chi connectivity index (χ1) is 9.47. The Morgan fingerprint density at radius 2 is 1.80 bits per heavy atom.